The highest BCUT2D eigenvalue weighted by Gasteiger charge is 2.62. The van der Waals surface area contributed by atoms with Crippen molar-refractivity contribution in [3.05, 3.63) is 35.6 Å². The maximum absolute atomic E-state index is 13.6. The largest absolute Gasteiger partial charge is 0.468 e. The number of hydrogen-bond acceptors (Lipinski definition) is 5. The van der Waals surface area contributed by atoms with Crippen molar-refractivity contribution < 1.29 is 36.6 Å². The van der Waals surface area contributed by atoms with Gasteiger partial charge < -0.3 is 9.47 Å². The predicted molar refractivity (Wildman–Crippen MR) is 77.7 cm³/mol. The molecule has 0 unspecified atom stereocenters. The molecule has 0 amide bonds. The number of alkyl halides is 3. The first-order valence-electron chi connectivity index (χ1n) is 7.53. The van der Waals surface area contributed by atoms with Gasteiger partial charge in [0.2, 0.25) is 0 Å². The Morgan fingerprint density at radius 3 is 2.24 bits per heavy atom. The van der Waals surface area contributed by atoms with Crippen molar-refractivity contribution in [3.8, 4) is 0 Å². The molecule has 2 rings (SSSR count). The molecule has 1 N–H and O–H groups in total. The van der Waals surface area contributed by atoms with Crippen LogP contribution in [0.1, 0.15) is 18.5 Å². The summed E-state index contributed by atoms with van der Waals surface area (Å²) in [6, 6.07) is 1.70. The summed E-state index contributed by atoms with van der Waals surface area (Å²) in [5, 5.41) is 2.51. The van der Waals surface area contributed by atoms with E-state index < -0.39 is 47.9 Å². The van der Waals surface area contributed by atoms with Gasteiger partial charge in [0.1, 0.15) is 11.9 Å². The highest BCUT2D eigenvalue weighted by molar-refractivity contribution is 5.81. The fraction of sp³-hybridized carbons (Fsp3) is 0.500. The van der Waals surface area contributed by atoms with Crippen molar-refractivity contribution in [3.63, 3.8) is 0 Å². The maximum Gasteiger partial charge on any atom is 0.394 e. The number of nitrogens with one attached hydrogen (secondary N) is 1. The van der Waals surface area contributed by atoms with Gasteiger partial charge in [-0.25, -0.2) is 4.39 Å². The lowest BCUT2D eigenvalue weighted by Crippen LogP contribution is -2.45. The first-order chi connectivity index (χ1) is 11.7. The van der Waals surface area contributed by atoms with E-state index in [2.05, 4.69) is 10.1 Å². The molecule has 0 aromatic heterocycles. The quantitative estimate of drug-likeness (QED) is 0.657. The van der Waals surface area contributed by atoms with E-state index in [1.807, 2.05) is 0 Å². The van der Waals surface area contributed by atoms with Crippen molar-refractivity contribution in [1.29, 1.82) is 0 Å². The Hall–Kier alpha value is -2.16. The van der Waals surface area contributed by atoms with Crippen LogP contribution in [0.3, 0.4) is 0 Å². The number of hydrogen-bond donors (Lipinski definition) is 1. The molecule has 0 saturated carbocycles. The fourth-order valence-electron chi connectivity index (χ4n) is 3.04. The van der Waals surface area contributed by atoms with Gasteiger partial charge in [0.15, 0.2) is 0 Å². The third-order valence-electron chi connectivity index (χ3n) is 4.09. The van der Waals surface area contributed by atoms with Crippen LogP contribution in [0, 0.1) is 17.7 Å². The van der Waals surface area contributed by atoms with Gasteiger partial charge in [0.05, 0.1) is 25.6 Å². The fourth-order valence-corrected chi connectivity index (χ4v) is 3.04. The third-order valence-corrected chi connectivity index (χ3v) is 4.09. The summed E-state index contributed by atoms with van der Waals surface area (Å²) >= 11 is 0. The van der Waals surface area contributed by atoms with Crippen LogP contribution in [0.5, 0.6) is 0 Å². The van der Waals surface area contributed by atoms with Crippen molar-refractivity contribution in [2.45, 2.75) is 25.2 Å². The molecule has 1 saturated heterocycles. The van der Waals surface area contributed by atoms with Crippen LogP contribution in [0.15, 0.2) is 24.3 Å². The minimum atomic E-state index is -4.85. The first-order valence-corrected chi connectivity index (χ1v) is 7.53. The van der Waals surface area contributed by atoms with Gasteiger partial charge >= 0.3 is 18.1 Å². The standard InChI is InChI=1S/C16H17F4NO4/c1-3-25-14(22)10-11(16(18,19)20)13(15(23)24-2)21-12(10)8-4-6-9(17)7-5-8/h4-7,10-13,21H,3H2,1-2H3/t10-,11+,12+,13+/m0/s1. The maximum atomic E-state index is 13.6. The van der Waals surface area contributed by atoms with E-state index in [9.17, 15) is 27.2 Å². The Bertz CT molecular complexity index is 632. The Balaban J connectivity index is 2.50. The molecule has 1 aliphatic heterocycles. The van der Waals surface area contributed by atoms with E-state index in [-0.39, 0.29) is 12.2 Å². The van der Waals surface area contributed by atoms with E-state index >= 15 is 0 Å². The molecule has 1 aromatic rings. The summed E-state index contributed by atoms with van der Waals surface area (Å²) in [5.41, 5.74) is 0.236. The molecule has 5 nitrogen and oxygen atoms in total. The first kappa shape index (κ1) is 19.2. The van der Waals surface area contributed by atoms with Crippen LogP contribution in [0.4, 0.5) is 17.6 Å². The van der Waals surface area contributed by atoms with Crippen molar-refractivity contribution in [1.82, 2.24) is 5.32 Å². The summed E-state index contributed by atoms with van der Waals surface area (Å²) in [5.74, 6) is -6.82. The topological polar surface area (TPSA) is 64.6 Å². The lowest BCUT2D eigenvalue weighted by molar-refractivity contribution is -0.200. The molecule has 1 aliphatic rings. The second kappa shape index (κ2) is 7.38. The zero-order chi connectivity index (χ0) is 18.8. The average Bonchev–Trinajstić information content (AvgIpc) is 2.96. The third kappa shape index (κ3) is 3.92. The molecule has 0 bridgehead atoms. The molecule has 0 aliphatic carbocycles. The molecule has 0 spiro atoms. The lowest BCUT2D eigenvalue weighted by Gasteiger charge is -2.25. The summed E-state index contributed by atoms with van der Waals surface area (Å²) in [4.78, 5) is 24.1. The van der Waals surface area contributed by atoms with Crippen LogP contribution in [0.2, 0.25) is 0 Å². The van der Waals surface area contributed by atoms with Crippen molar-refractivity contribution >= 4 is 11.9 Å². The summed E-state index contributed by atoms with van der Waals surface area (Å²) in [7, 11) is 0.960. The molecule has 1 aromatic carbocycles. The number of halogens is 4. The van der Waals surface area contributed by atoms with E-state index in [0.29, 0.717) is 0 Å². The van der Waals surface area contributed by atoms with Crippen LogP contribution >= 0.6 is 0 Å². The molecule has 25 heavy (non-hydrogen) atoms. The number of methoxy groups -OCH3 is 1. The number of ether oxygens (including phenoxy) is 2. The van der Waals surface area contributed by atoms with Gasteiger partial charge in [0, 0.05) is 6.04 Å². The second-order valence-corrected chi connectivity index (χ2v) is 5.54. The van der Waals surface area contributed by atoms with Crippen LogP contribution < -0.4 is 5.32 Å². The number of rotatable bonds is 4. The van der Waals surface area contributed by atoms with E-state index in [1.165, 1.54) is 19.1 Å². The molecular weight excluding hydrogens is 346 g/mol. The molecule has 1 heterocycles. The van der Waals surface area contributed by atoms with Crippen LogP contribution in [-0.2, 0) is 19.1 Å². The highest BCUT2D eigenvalue weighted by Crippen LogP contribution is 2.46. The van der Waals surface area contributed by atoms with E-state index in [4.69, 9.17) is 4.74 Å². The Labute approximate surface area is 141 Å². The van der Waals surface area contributed by atoms with E-state index in [1.54, 1.807) is 0 Å². The Morgan fingerprint density at radius 2 is 1.76 bits per heavy atom. The van der Waals surface area contributed by atoms with E-state index in [0.717, 1.165) is 19.2 Å². The normalized spacial score (nSPS) is 26.3. The van der Waals surface area contributed by atoms with Crippen molar-refractivity contribution in [2.24, 2.45) is 11.8 Å². The summed E-state index contributed by atoms with van der Waals surface area (Å²) in [6.45, 7) is 1.35. The van der Waals surface area contributed by atoms with Crippen LogP contribution in [-0.4, -0.2) is 37.9 Å². The van der Waals surface area contributed by atoms with Crippen LogP contribution in [0.25, 0.3) is 0 Å². The van der Waals surface area contributed by atoms with Gasteiger partial charge in [-0.15, -0.1) is 0 Å². The lowest BCUT2D eigenvalue weighted by atomic mass is 9.84. The number of carbonyl (C=O) groups excluding carboxylic acids is 2. The molecule has 9 heteroatoms. The highest BCUT2D eigenvalue weighted by atomic mass is 19.4. The molecule has 4 atom stereocenters. The summed E-state index contributed by atoms with van der Waals surface area (Å²) in [6.07, 6.45) is -4.85. The smallest absolute Gasteiger partial charge is 0.394 e. The van der Waals surface area contributed by atoms with Gasteiger partial charge in [0.25, 0.3) is 0 Å². The summed E-state index contributed by atoms with van der Waals surface area (Å²) < 4.78 is 63.1. The predicted octanol–water partition coefficient (Wildman–Crippen LogP) is 2.37. The SMILES string of the molecule is CCOC(=O)[C@H]1[C@@H](C(F)(F)F)[C@H](C(=O)OC)N[C@@H]1c1ccc(F)cc1. The molecular formula is C16H17F4NO4. The Kier molecular flexibility index (Phi) is 5.66. The second-order valence-electron chi connectivity index (χ2n) is 5.54. The van der Waals surface area contributed by atoms with Gasteiger partial charge in [-0.2, -0.15) is 13.2 Å². The minimum Gasteiger partial charge on any atom is -0.468 e. The monoisotopic (exact) mass is 363 g/mol. The molecule has 1 fully saturated rings. The average molecular weight is 363 g/mol. The minimum absolute atomic E-state index is 0.112. The van der Waals surface area contributed by atoms with Gasteiger partial charge in [-0.3, -0.25) is 14.9 Å². The Morgan fingerprint density at radius 1 is 1.16 bits per heavy atom. The molecule has 138 valence electrons. The van der Waals surface area contributed by atoms with Gasteiger partial charge in [-0.1, -0.05) is 12.1 Å². The zero-order valence-electron chi connectivity index (χ0n) is 13.5. The molecule has 0 radical (unpaired) electrons. The van der Waals surface area contributed by atoms with Gasteiger partial charge in [-0.05, 0) is 24.6 Å². The number of esters is 2. The number of benzene rings is 1. The zero-order valence-corrected chi connectivity index (χ0v) is 13.5. The van der Waals surface area contributed by atoms with Crippen molar-refractivity contribution in [2.75, 3.05) is 13.7 Å². The number of carbonyl (C=O) groups is 2.